The Morgan fingerprint density at radius 1 is 0.923 bits per heavy atom. The molecule has 0 fully saturated rings. The minimum atomic E-state index is -0.724. The van der Waals surface area contributed by atoms with Gasteiger partial charge in [0.2, 0.25) is 5.91 Å². The second kappa shape index (κ2) is 11.7. The van der Waals surface area contributed by atoms with E-state index < -0.39 is 5.79 Å². The topological polar surface area (TPSA) is 76.7 Å². The lowest BCUT2D eigenvalue weighted by Gasteiger charge is -2.41. The second-order valence-electron chi connectivity index (χ2n) is 8.41. The lowest BCUT2D eigenvalue weighted by molar-refractivity contribution is -0.276. The Balaban J connectivity index is 4.31. The first-order valence-electron chi connectivity index (χ1n) is 9.61. The van der Waals surface area contributed by atoms with Crippen molar-refractivity contribution in [1.82, 2.24) is 10.6 Å². The third kappa shape index (κ3) is 9.64. The van der Waals surface area contributed by atoms with E-state index in [0.717, 1.165) is 6.54 Å². The summed E-state index contributed by atoms with van der Waals surface area (Å²) in [5.74, 6) is -0.190. The van der Waals surface area contributed by atoms with Gasteiger partial charge in [0.1, 0.15) is 5.78 Å². The highest BCUT2D eigenvalue weighted by atomic mass is 16.7. The number of rotatable bonds is 13. The molecular weight excluding hydrogens is 332 g/mol. The maximum Gasteiger partial charge on any atom is 0.220 e. The monoisotopic (exact) mass is 372 g/mol. The van der Waals surface area contributed by atoms with E-state index in [1.54, 1.807) is 6.92 Å². The van der Waals surface area contributed by atoms with Gasteiger partial charge >= 0.3 is 0 Å². The molecule has 0 heterocycles. The summed E-state index contributed by atoms with van der Waals surface area (Å²) in [6, 6.07) is 0. The number of carbonyl (C=O) groups excluding carboxylic acids is 2. The first kappa shape index (κ1) is 25.0. The summed E-state index contributed by atoms with van der Waals surface area (Å²) in [7, 11) is 1.88. The number of ketones is 1. The van der Waals surface area contributed by atoms with Gasteiger partial charge in [-0.15, -0.1) is 0 Å². The van der Waals surface area contributed by atoms with E-state index in [9.17, 15) is 9.59 Å². The third-order valence-corrected chi connectivity index (χ3v) is 4.98. The summed E-state index contributed by atoms with van der Waals surface area (Å²) in [6.07, 6.45) is 0.940. The van der Waals surface area contributed by atoms with Crippen molar-refractivity contribution in [3.8, 4) is 0 Å². The number of Topliss-reactive ketones (excluding diaryl/α,β-unsaturated/α-hetero) is 1. The zero-order valence-corrected chi connectivity index (χ0v) is 18.0. The third-order valence-electron chi connectivity index (χ3n) is 4.98. The Labute approximate surface area is 159 Å². The fourth-order valence-corrected chi connectivity index (χ4v) is 2.48. The predicted molar refractivity (Wildman–Crippen MR) is 105 cm³/mol. The second-order valence-corrected chi connectivity index (χ2v) is 8.41. The summed E-state index contributed by atoms with van der Waals surface area (Å²) >= 11 is 0. The molecule has 0 aliphatic heterocycles. The van der Waals surface area contributed by atoms with Crippen LogP contribution in [0, 0.1) is 17.3 Å². The van der Waals surface area contributed by atoms with Gasteiger partial charge in [-0.3, -0.25) is 4.79 Å². The lowest BCUT2D eigenvalue weighted by atomic mass is 9.86. The van der Waals surface area contributed by atoms with Crippen LogP contribution in [0.2, 0.25) is 0 Å². The zero-order valence-electron chi connectivity index (χ0n) is 18.0. The molecule has 3 atom stereocenters. The van der Waals surface area contributed by atoms with Gasteiger partial charge in [-0.05, 0) is 32.7 Å². The Bertz CT molecular complexity index is 434. The molecule has 26 heavy (non-hydrogen) atoms. The van der Waals surface area contributed by atoms with Crippen LogP contribution in [0.3, 0.4) is 0 Å². The lowest BCUT2D eigenvalue weighted by Crippen LogP contribution is -2.47. The number of amides is 1. The van der Waals surface area contributed by atoms with Crippen molar-refractivity contribution < 1.29 is 19.1 Å². The molecule has 1 amide bonds. The van der Waals surface area contributed by atoms with Gasteiger partial charge in [-0.25, -0.2) is 0 Å². The Morgan fingerprint density at radius 3 is 1.88 bits per heavy atom. The molecule has 0 spiro atoms. The predicted octanol–water partition coefficient (Wildman–Crippen LogP) is 2.76. The molecule has 0 aliphatic carbocycles. The van der Waals surface area contributed by atoms with E-state index in [-0.39, 0.29) is 28.9 Å². The van der Waals surface area contributed by atoms with Crippen molar-refractivity contribution in [2.24, 2.45) is 17.3 Å². The van der Waals surface area contributed by atoms with Gasteiger partial charge in [-0.2, -0.15) is 0 Å². The van der Waals surface area contributed by atoms with Crippen LogP contribution in [0.5, 0.6) is 0 Å². The molecule has 0 saturated carbocycles. The van der Waals surface area contributed by atoms with Crippen molar-refractivity contribution in [1.29, 1.82) is 0 Å². The van der Waals surface area contributed by atoms with Crippen LogP contribution in [0.25, 0.3) is 0 Å². The van der Waals surface area contributed by atoms with Crippen LogP contribution in [-0.4, -0.2) is 50.8 Å². The minimum absolute atomic E-state index is 0.00920. The van der Waals surface area contributed by atoms with Crippen molar-refractivity contribution in [3.05, 3.63) is 0 Å². The summed E-state index contributed by atoms with van der Waals surface area (Å²) in [6.45, 7) is 15.9. The van der Waals surface area contributed by atoms with Crippen LogP contribution in [0.15, 0.2) is 0 Å². The highest BCUT2D eigenvalue weighted by Gasteiger charge is 2.39. The smallest absolute Gasteiger partial charge is 0.220 e. The number of carbonyl (C=O) groups is 2. The van der Waals surface area contributed by atoms with Crippen LogP contribution in [0.4, 0.5) is 0 Å². The van der Waals surface area contributed by atoms with Gasteiger partial charge in [0.15, 0.2) is 5.79 Å². The minimum Gasteiger partial charge on any atom is -0.354 e. The molecule has 6 nitrogen and oxygen atoms in total. The van der Waals surface area contributed by atoms with E-state index in [1.807, 2.05) is 27.8 Å². The van der Waals surface area contributed by atoms with Crippen LogP contribution >= 0.6 is 0 Å². The van der Waals surface area contributed by atoms with Crippen molar-refractivity contribution >= 4 is 11.7 Å². The molecule has 3 unspecified atom stereocenters. The molecule has 154 valence electrons. The Kier molecular flexibility index (Phi) is 11.2. The number of likely N-dealkylation sites (N-methyl/N-ethyl adjacent to an activating group) is 1. The maximum atomic E-state index is 12.1. The highest BCUT2D eigenvalue weighted by Crippen LogP contribution is 2.34. The van der Waals surface area contributed by atoms with Crippen molar-refractivity contribution in [3.63, 3.8) is 0 Å². The molecule has 2 N–H and O–H groups in total. The number of nitrogens with one attached hydrogen (secondary N) is 2. The molecule has 0 aliphatic rings. The van der Waals surface area contributed by atoms with E-state index >= 15 is 0 Å². The fraction of sp³-hybridized carbons (Fsp3) is 0.900. The van der Waals surface area contributed by atoms with Crippen LogP contribution in [0.1, 0.15) is 61.3 Å². The quantitative estimate of drug-likeness (QED) is 0.384. The Morgan fingerprint density at radius 2 is 1.42 bits per heavy atom. The van der Waals surface area contributed by atoms with Gasteiger partial charge in [0, 0.05) is 31.3 Å². The van der Waals surface area contributed by atoms with Gasteiger partial charge in [0.25, 0.3) is 0 Å². The molecule has 0 saturated heterocycles. The first-order valence-corrected chi connectivity index (χ1v) is 9.61. The van der Waals surface area contributed by atoms with E-state index in [4.69, 9.17) is 9.47 Å². The molecule has 6 heteroatoms. The molecule has 0 aromatic rings. The van der Waals surface area contributed by atoms with Crippen LogP contribution < -0.4 is 10.6 Å². The average molecular weight is 373 g/mol. The normalized spacial score (nSPS) is 16.6. The van der Waals surface area contributed by atoms with E-state index in [2.05, 4.69) is 31.4 Å². The summed E-state index contributed by atoms with van der Waals surface area (Å²) < 4.78 is 11.9. The molecule has 0 aromatic carbocycles. The zero-order chi connectivity index (χ0) is 20.4. The Hall–Kier alpha value is -0.980. The molecule has 0 rings (SSSR count). The van der Waals surface area contributed by atoms with Gasteiger partial charge in [0.05, 0.1) is 13.2 Å². The standard InChI is InChI=1S/C20H40N2O4/c1-15(13-17(3)23)16(2)14-18(24)22-10-12-26-20(7,19(4,5)6)25-11-9-21-8/h15-16,21H,9-14H2,1-8H3,(H,22,24). The summed E-state index contributed by atoms with van der Waals surface area (Å²) in [5, 5.41) is 5.95. The molecule has 0 radical (unpaired) electrons. The molecular formula is C20H40N2O4. The van der Waals surface area contributed by atoms with Crippen LogP contribution in [-0.2, 0) is 19.1 Å². The van der Waals surface area contributed by atoms with Crippen molar-refractivity contribution in [2.45, 2.75) is 67.1 Å². The maximum absolute atomic E-state index is 12.1. The summed E-state index contributed by atoms with van der Waals surface area (Å²) in [4.78, 5) is 23.3. The highest BCUT2D eigenvalue weighted by molar-refractivity contribution is 5.77. The summed E-state index contributed by atoms with van der Waals surface area (Å²) in [5.41, 5.74) is -0.193. The number of hydrogen-bond acceptors (Lipinski definition) is 5. The molecule has 0 aromatic heterocycles. The average Bonchev–Trinajstić information content (AvgIpc) is 2.50. The van der Waals surface area contributed by atoms with E-state index in [0.29, 0.717) is 32.6 Å². The molecule has 0 bridgehead atoms. The van der Waals surface area contributed by atoms with Gasteiger partial charge in [-0.1, -0.05) is 34.6 Å². The van der Waals surface area contributed by atoms with Crippen molar-refractivity contribution in [2.75, 3.05) is 33.4 Å². The number of ether oxygens (including phenoxy) is 2. The van der Waals surface area contributed by atoms with Gasteiger partial charge < -0.3 is 24.9 Å². The SMILES string of the molecule is CNCCOC(C)(OCCNC(=O)CC(C)C(C)CC(C)=O)C(C)(C)C. The number of hydrogen-bond donors (Lipinski definition) is 2. The fourth-order valence-electron chi connectivity index (χ4n) is 2.48. The van der Waals surface area contributed by atoms with E-state index in [1.165, 1.54) is 0 Å². The first-order chi connectivity index (χ1) is 11.9. The largest absolute Gasteiger partial charge is 0.354 e.